The van der Waals surface area contributed by atoms with Crippen LogP contribution >= 0.6 is 11.6 Å². The molecule has 0 radical (unpaired) electrons. The van der Waals surface area contributed by atoms with Crippen molar-refractivity contribution in [3.05, 3.63) is 101 Å². The van der Waals surface area contributed by atoms with Gasteiger partial charge in [0, 0.05) is 12.7 Å². The fourth-order valence-corrected chi connectivity index (χ4v) is 6.18. The fourth-order valence-electron chi connectivity index (χ4n) is 4.85. The number of hydrogen-bond donors (Lipinski definition) is 3. The number of halogens is 1. The Bertz CT molecular complexity index is 2030. The van der Waals surface area contributed by atoms with Crippen molar-refractivity contribution in [1.82, 2.24) is 25.6 Å². The third-order valence-electron chi connectivity index (χ3n) is 7.48. The molecule has 3 N–H and O–H groups in total. The number of nitrogens with one attached hydrogen (secondary N) is 3. The molecule has 3 aromatic carbocycles. The standard InChI is InChI=1S/C35H36ClN7O7S/c1-37-32(45)27-14-8-9-15-29(27)40-31-28(36)23-38-35(41-31)39-25-18-16-24(17-19-25)22-30(44)48-20-10-3-2-4-11-21-49-33-34(43-50-42-33)51(46,47)26-12-6-5-7-13-26/h5-9,12-19,23H,2-4,10-11,20-22H2,1H3,(H,37,45)(H2,38,39,40,41). The highest BCUT2D eigenvalue weighted by Gasteiger charge is 2.28. The Kier molecular flexibility index (Phi) is 12.9. The maximum Gasteiger partial charge on any atom is 0.310 e. The van der Waals surface area contributed by atoms with Crippen LogP contribution in [-0.2, 0) is 25.8 Å². The molecule has 2 heterocycles. The molecule has 0 spiro atoms. The van der Waals surface area contributed by atoms with Crippen molar-refractivity contribution < 1.29 is 32.1 Å². The van der Waals surface area contributed by atoms with Gasteiger partial charge < -0.3 is 25.4 Å². The lowest BCUT2D eigenvalue weighted by Crippen LogP contribution is -2.19. The van der Waals surface area contributed by atoms with E-state index < -0.39 is 9.84 Å². The molecular weight excluding hydrogens is 698 g/mol. The van der Waals surface area contributed by atoms with Crippen LogP contribution in [0.25, 0.3) is 0 Å². The smallest absolute Gasteiger partial charge is 0.310 e. The summed E-state index contributed by atoms with van der Waals surface area (Å²) in [6.45, 7) is 0.577. The Labute approximate surface area is 299 Å². The number of rotatable bonds is 18. The summed E-state index contributed by atoms with van der Waals surface area (Å²) in [5.74, 6) is -0.110. The third-order valence-corrected chi connectivity index (χ3v) is 9.41. The number of nitrogens with zero attached hydrogens (tertiary/aromatic N) is 4. The lowest BCUT2D eigenvalue weighted by molar-refractivity contribution is -0.142. The number of sulfone groups is 1. The highest BCUT2D eigenvalue weighted by Crippen LogP contribution is 2.28. The lowest BCUT2D eigenvalue weighted by Gasteiger charge is -2.13. The van der Waals surface area contributed by atoms with Gasteiger partial charge in [0.05, 0.1) is 42.0 Å². The SMILES string of the molecule is CNC(=O)c1ccccc1Nc1nc(Nc2ccc(CC(=O)OCCCCCCCOc3nonc3S(=O)(=O)c3ccccc3)cc2)ncc1Cl. The topological polar surface area (TPSA) is 188 Å². The number of esters is 1. The number of amides is 1. The second-order valence-corrected chi connectivity index (χ2v) is 13.4. The van der Waals surface area contributed by atoms with Gasteiger partial charge in [-0.2, -0.15) is 4.98 Å². The molecule has 5 rings (SSSR count). The lowest BCUT2D eigenvalue weighted by atomic mass is 10.1. The molecule has 0 saturated carbocycles. The molecule has 51 heavy (non-hydrogen) atoms. The molecule has 0 atom stereocenters. The van der Waals surface area contributed by atoms with Crippen LogP contribution in [0.15, 0.2) is 99.6 Å². The largest absolute Gasteiger partial charge is 0.473 e. The minimum atomic E-state index is -3.90. The van der Waals surface area contributed by atoms with Gasteiger partial charge in [-0.25, -0.2) is 18.0 Å². The summed E-state index contributed by atoms with van der Waals surface area (Å²) >= 11 is 6.32. The van der Waals surface area contributed by atoms with Gasteiger partial charge in [-0.15, -0.1) is 0 Å². The molecule has 0 fully saturated rings. The van der Waals surface area contributed by atoms with Crippen molar-refractivity contribution >= 4 is 56.5 Å². The van der Waals surface area contributed by atoms with Crippen LogP contribution in [0.4, 0.5) is 23.1 Å². The van der Waals surface area contributed by atoms with Crippen LogP contribution in [0.1, 0.15) is 48.0 Å². The number of para-hydroxylation sites is 1. The van der Waals surface area contributed by atoms with E-state index in [1.54, 1.807) is 61.6 Å². The van der Waals surface area contributed by atoms with Crippen LogP contribution < -0.4 is 20.7 Å². The summed E-state index contributed by atoms with van der Waals surface area (Å²) in [5, 5.41) is 15.9. The number of benzene rings is 3. The molecule has 0 aliphatic rings. The van der Waals surface area contributed by atoms with Gasteiger partial charge in [0.15, 0.2) is 5.82 Å². The van der Waals surface area contributed by atoms with E-state index in [0.717, 1.165) is 31.2 Å². The first-order valence-electron chi connectivity index (χ1n) is 16.1. The minimum absolute atomic E-state index is 0.0791. The molecule has 266 valence electrons. The van der Waals surface area contributed by atoms with E-state index >= 15 is 0 Å². The molecule has 0 unspecified atom stereocenters. The summed E-state index contributed by atoms with van der Waals surface area (Å²) < 4.78 is 41.1. The van der Waals surface area contributed by atoms with Crippen molar-refractivity contribution in [1.29, 1.82) is 0 Å². The van der Waals surface area contributed by atoms with Crippen molar-refractivity contribution in [2.24, 2.45) is 0 Å². The highest BCUT2D eigenvalue weighted by atomic mass is 35.5. The molecule has 16 heteroatoms. The molecule has 2 aromatic heterocycles. The number of ether oxygens (including phenoxy) is 2. The van der Waals surface area contributed by atoms with E-state index in [2.05, 4.69) is 40.9 Å². The van der Waals surface area contributed by atoms with E-state index in [0.29, 0.717) is 35.8 Å². The van der Waals surface area contributed by atoms with E-state index in [4.69, 9.17) is 21.1 Å². The van der Waals surface area contributed by atoms with Crippen molar-refractivity contribution in [2.75, 3.05) is 30.9 Å². The van der Waals surface area contributed by atoms with Gasteiger partial charge in [-0.3, -0.25) is 9.59 Å². The maximum atomic E-state index is 12.8. The Balaban J connectivity index is 0.980. The monoisotopic (exact) mass is 733 g/mol. The molecule has 0 saturated heterocycles. The quantitative estimate of drug-likeness (QED) is 0.0672. The predicted molar refractivity (Wildman–Crippen MR) is 189 cm³/mol. The number of hydrogen-bond acceptors (Lipinski definition) is 13. The van der Waals surface area contributed by atoms with Gasteiger partial charge in [0.1, 0.15) is 5.02 Å². The summed E-state index contributed by atoms with van der Waals surface area (Å²) in [5.41, 5.74) is 2.47. The summed E-state index contributed by atoms with van der Waals surface area (Å²) in [6.07, 6.45) is 5.57. The first-order valence-corrected chi connectivity index (χ1v) is 18.0. The van der Waals surface area contributed by atoms with Crippen LogP contribution in [0.5, 0.6) is 5.88 Å². The Morgan fingerprint density at radius 2 is 1.55 bits per heavy atom. The number of carbonyl (C=O) groups excluding carboxylic acids is 2. The van der Waals surface area contributed by atoms with E-state index in [1.807, 2.05) is 12.1 Å². The average molecular weight is 734 g/mol. The predicted octanol–water partition coefficient (Wildman–Crippen LogP) is 6.31. The number of anilines is 4. The zero-order chi connectivity index (χ0) is 36.1. The third kappa shape index (κ3) is 10.2. The van der Waals surface area contributed by atoms with Crippen molar-refractivity contribution in [3.8, 4) is 5.88 Å². The maximum absolute atomic E-state index is 12.8. The number of aromatic nitrogens is 4. The summed E-state index contributed by atoms with van der Waals surface area (Å²) in [4.78, 5) is 33.4. The highest BCUT2D eigenvalue weighted by molar-refractivity contribution is 7.91. The van der Waals surface area contributed by atoms with Gasteiger partial charge in [-0.05, 0) is 65.1 Å². The molecule has 5 aromatic rings. The molecule has 0 aliphatic carbocycles. The first-order chi connectivity index (χ1) is 24.7. The molecule has 0 bridgehead atoms. The number of unbranched alkanes of at least 4 members (excludes halogenated alkanes) is 4. The molecule has 1 amide bonds. The second-order valence-electron chi connectivity index (χ2n) is 11.2. The Morgan fingerprint density at radius 3 is 2.31 bits per heavy atom. The average Bonchev–Trinajstić information content (AvgIpc) is 3.63. The van der Waals surface area contributed by atoms with Gasteiger partial charge in [0.2, 0.25) is 15.8 Å². The summed E-state index contributed by atoms with van der Waals surface area (Å²) in [7, 11) is -2.34. The minimum Gasteiger partial charge on any atom is -0.473 e. The molecule has 0 aliphatic heterocycles. The zero-order valence-corrected chi connectivity index (χ0v) is 29.2. The molecular formula is C35H36ClN7O7S. The van der Waals surface area contributed by atoms with Crippen molar-refractivity contribution in [2.45, 2.75) is 48.4 Å². The van der Waals surface area contributed by atoms with Gasteiger partial charge in [0.25, 0.3) is 16.8 Å². The Morgan fingerprint density at radius 1 is 0.843 bits per heavy atom. The van der Waals surface area contributed by atoms with Crippen LogP contribution in [0, 0.1) is 0 Å². The van der Waals surface area contributed by atoms with Gasteiger partial charge >= 0.3 is 5.97 Å². The normalized spacial score (nSPS) is 11.1. The number of carbonyl (C=O) groups is 2. The zero-order valence-electron chi connectivity index (χ0n) is 27.7. The van der Waals surface area contributed by atoms with E-state index in [9.17, 15) is 18.0 Å². The van der Waals surface area contributed by atoms with E-state index in [1.165, 1.54) is 18.3 Å². The Hall–Kier alpha value is -5.54. The van der Waals surface area contributed by atoms with E-state index in [-0.39, 0.29) is 51.7 Å². The molecule has 14 nitrogen and oxygen atoms in total. The first kappa shape index (κ1) is 36.7. The van der Waals surface area contributed by atoms with Crippen LogP contribution in [-0.4, -0.2) is 60.8 Å². The van der Waals surface area contributed by atoms with Crippen molar-refractivity contribution in [3.63, 3.8) is 0 Å². The van der Waals surface area contributed by atoms with Gasteiger partial charge in [-0.1, -0.05) is 73.3 Å². The van der Waals surface area contributed by atoms with Crippen LogP contribution in [0.2, 0.25) is 5.02 Å². The second kappa shape index (κ2) is 17.9. The van der Waals surface area contributed by atoms with Crippen LogP contribution in [0.3, 0.4) is 0 Å². The summed E-state index contributed by atoms with van der Waals surface area (Å²) in [6, 6.07) is 22.1. The fraction of sp³-hybridized carbons (Fsp3) is 0.257.